The van der Waals surface area contributed by atoms with E-state index in [0.29, 0.717) is 18.9 Å². The molecule has 1 amide bonds. The third kappa shape index (κ3) is 7.11. The van der Waals surface area contributed by atoms with Crippen molar-refractivity contribution in [1.29, 1.82) is 0 Å². The highest BCUT2D eigenvalue weighted by molar-refractivity contribution is 9.10. The first kappa shape index (κ1) is 30.2. The van der Waals surface area contributed by atoms with E-state index in [4.69, 9.17) is 15.5 Å². The molecule has 1 fully saturated rings. The number of amides is 1. The number of benzene rings is 2. The second-order valence-electron chi connectivity index (χ2n) is 11.2. The van der Waals surface area contributed by atoms with Crippen LogP contribution in [0, 0.1) is 17.0 Å². The minimum atomic E-state index is -0.739. The van der Waals surface area contributed by atoms with E-state index in [9.17, 15) is 18.0 Å². The van der Waals surface area contributed by atoms with E-state index in [0.717, 1.165) is 34.7 Å². The standard InChI is InChI=1S/C29H35BrF3N5O2/c1-29(2,3)25(37(12-11-21(34)16-31)28(39)24-8-5-13-40-24)27-35-26(22-15-20(32)9-10-23(22)33)36-38(27)17-18-6-4-7-19(30)14-18/h4,6-7,9-10,14-15,21,24-25H,5,8,11-13,16-17,34H2,1-3H3/t21-,24+,25-/m0/s1. The van der Waals surface area contributed by atoms with Crippen molar-refractivity contribution in [3.05, 3.63) is 70.0 Å². The molecule has 11 heteroatoms. The van der Waals surface area contributed by atoms with E-state index >= 15 is 0 Å². The molecular weight excluding hydrogens is 587 g/mol. The Morgan fingerprint density at radius 3 is 2.67 bits per heavy atom. The predicted octanol–water partition coefficient (Wildman–Crippen LogP) is 5.82. The number of alkyl halides is 1. The Labute approximate surface area is 241 Å². The van der Waals surface area contributed by atoms with Gasteiger partial charge in [0.1, 0.15) is 24.4 Å². The summed E-state index contributed by atoms with van der Waals surface area (Å²) in [6, 6.07) is 9.34. The number of nitrogens with two attached hydrogens (primary N) is 1. The van der Waals surface area contributed by atoms with Gasteiger partial charge >= 0.3 is 0 Å². The van der Waals surface area contributed by atoms with Crippen molar-refractivity contribution in [2.24, 2.45) is 11.1 Å². The zero-order chi connectivity index (χ0) is 29.0. The van der Waals surface area contributed by atoms with Gasteiger partial charge in [-0.15, -0.1) is 0 Å². The molecule has 7 nitrogen and oxygen atoms in total. The van der Waals surface area contributed by atoms with E-state index < -0.39 is 41.9 Å². The fourth-order valence-electron chi connectivity index (χ4n) is 4.96. The monoisotopic (exact) mass is 621 g/mol. The zero-order valence-corrected chi connectivity index (χ0v) is 24.5. The highest BCUT2D eigenvalue weighted by Gasteiger charge is 2.41. The second-order valence-corrected chi connectivity index (χ2v) is 12.1. The van der Waals surface area contributed by atoms with Gasteiger partial charge in [-0.3, -0.25) is 4.79 Å². The summed E-state index contributed by atoms with van der Waals surface area (Å²) in [4.78, 5) is 20.3. The molecule has 2 aromatic carbocycles. The molecule has 216 valence electrons. The molecule has 0 unspecified atom stereocenters. The van der Waals surface area contributed by atoms with Crippen LogP contribution >= 0.6 is 15.9 Å². The molecule has 4 rings (SSSR count). The van der Waals surface area contributed by atoms with Crippen LogP contribution in [0.3, 0.4) is 0 Å². The summed E-state index contributed by atoms with van der Waals surface area (Å²) in [6.45, 7) is 6.08. The Morgan fingerprint density at radius 2 is 2.02 bits per heavy atom. The van der Waals surface area contributed by atoms with Gasteiger partial charge in [-0.2, -0.15) is 5.10 Å². The maximum Gasteiger partial charge on any atom is 0.252 e. The molecule has 3 aromatic rings. The molecule has 40 heavy (non-hydrogen) atoms. The average molecular weight is 623 g/mol. The van der Waals surface area contributed by atoms with E-state index in [1.807, 2.05) is 45.0 Å². The van der Waals surface area contributed by atoms with Crippen molar-refractivity contribution in [3.8, 4) is 11.4 Å². The quantitative estimate of drug-likeness (QED) is 0.308. The van der Waals surface area contributed by atoms with Crippen molar-refractivity contribution in [2.75, 3.05) is 19.8 Å². The lowest BCUT2D eigenvalue weighted by atomic mass is 9.84. The van der Waals surface area contributed by atoms with Gasteiger partial charge in [0.25, 0.3) is 5.91 Å². The molecule has 2 N–H and O–H groups in total. The number of rotatable bonds is 10. The van der Waals surface area contributed by atoms with E-state index in [1.54, 1.807) is 9.58 Å². The molecule has 1 aliphatic heterocycles. The van der Waals surface area contributed by atoms with Gasteiger partial charge in [-0.1, -0.05) is 48.8 Å². The average Bonchev–Trinajstić information content (AvgIpc) is 3.57. The largest absolute Gasteiger partial charge is 0.368 e. The minimum absolute atomic E-state index is 0.00113. The number of aromatic nitrogens is 3. The molecule has 1 aliphatic rings. The van der Waals surface area contributed by atoms with Gasteiger partial charge in [-0.25, -0.2) is 22.8 Å². The molecule has 2 heterocycles. The number of nitrogens with zero attached hydrogens (tertiary/aromatic N) is 4. The highest BCUT2D eigenvalue weighted by atomic mass is 79.9. The van der Waals surface area contributed by atoms with Crippen LogP contribution in [0.15, 0.2) is 46.9 Å². The number of hydrogen-bond acceptors (Lipinski definition) is 5. The van der Waals surface area contributed by atoms with Crippen molar-refractivity contribution in [2.45, 2.75) is 64.8 Å². The third-order valence-corrected chi connectivity index (χ3v) is 7.39. The van der Waals surface area contributed by atoms with Gasteiger partial charge < -0.3 is 15.4 Å². The first-order valence-electron chi connectivity index (χ1n) is 13.4. The fraction of sp³-hybridized carbons (Fsp3) is 0.483. The Morgan fingerprint density at radius 1 is 1.25 bits per heavy atom. The first-order chi connectivity index (χ1) is 19.0. The third-order valence-electron chi connectivity index (χ3n) is 6.89. The van der Waals surface area contributed by atoms with Crippen molar-refractivity contribution in [3.63, 3.8) is 0 Å². The van der Waals surface area contributed by atoms with Crippen LogP contribution in [0.2, 0.25) is 0 Å². The number of halogens is 4. The summed E-state index contributed by atoms with van der Waals surface area (Å²) in [5, 5.41) is 4.62. The highest BCUT2D eigenvalue weighted by Crippen LogP contribution is 2.40. The normalized spacial score (nSPS) is 17.1. The van der Waals surface area contributed by atoms with Crippen LogP contribution in [0.25, 0.3) is 11.4 Å². The Hall–Kier alpha value is -2.76. The van der Waals surface area contributed by atoms with Gasteiger partial charge in [0, 0.05) is 23.7 Å². The number of hydrogen-bond donors (Lipinski definition) is 1. The van der Waals surface area contributed by atoms with Crippen LogP contribution in [0.4, 0.5) is 13.2 Å². The SMILES string of the molecule is CC(C)(C)[C@H](c1nc(-c2cc(F)ccc2F)nn1Cc1cccc(Br)c1)N(CC[C@H](N)CF)C(=O)[C@H]1CCCO1. The van der Waals surface area contributed by atoms with Crippen LogP contribution in [-0.4, -0.2) is 57.5 Å². The lowest BCUT2D eigenvalue weighted by Gasteiger charge is -2.41. The lowest BCUT2D eigenvalue weighted by Crippen LogP contribution is -2.48. The van der Waals surface area contributed by atoms with E-state index in [2.05, 4.69) is 21.0 Å². The maximum absolute atomic E-state index is 14.9. The number of carbonyl (C=O) groups is 1. The Balaban J connectivity index is 1.87. The summed E-state index contributed by atoms with van der Waals surface area (Å²) in [5.74, 6) is -1.13. The predicted molar refractivity (Wildman–Crippen MR) is 150 cm³/mol. The molecule has 0 aliphatic carbocycles. The van der Waals surface area contributed by atoms with Gasteiger partial charge in [0.15, 0.2) is 11.6 Å². The molecule has 0 bridgehead atoms. The molecule has 1 saturated heterocycles. The molecule has 0 radical (unpaired) electrons. The molecule has 3 atom stereocenters. The van der Waals surface area contributed by atoms with E-state index in [-0.39, 0.29) is 36.8 Å². The van der Waals surface area contributed by atoms with Crippen molar-refractivity contribution in [1.82, 2.24) is 19.7 Å². The zero-order valence-electron chi connectivity index (χ0n) is 22.9. The van der Waals surface area contributed by atoms with Gasteiger partial charge in [0.05, 0.1) is 18.2 Å². The number of carbonyl (C=O) groups excluding carboxylic acids is 1. The Kier molecular flexibility index (Phi) is 9.68. The summed E-state index contributed by atoms with van der Waals surface area (Å²) < 4.78 is 50.6. The number of ether oxygens (including phenoxy) is 1. The van der Waals surface area contributed by atoms with Crippen LogP contribution in [0.5, 0.6) is 0 Å². The maximum atomic E-state index is 14.9. The van der Waals surface area contributed by atoms with Crippen LogP contribution in [-0.2, 0) is 16.1 Å². The summed E-state index contributed by atoms with van der Waals surface area (Å²) in [6.07, 6.45) is 0.933. The molecule has 0 saturated carbocycles. The first-order valence-corrected chi connectivity index (χ1v) is 14.2. The Bertz CT molecular complexity index is 1320. The van der Waals surface area contributed by atoms with E-state index in [1.165, 1.54) is 0 Å². The molecule has 1 aromatic heterocycles. The smallest absolute Gasteiger partial charge is 0.252 e. The fourth-order valence-corrected chi connectivity index (χ4v) is 5.41. The van der Waals surface area contributed by atoms with Crippen LogP contribution < -0.4 is 5.73 Å². The lowest BCUT2D eigenvalue weighted by molar-refractivity contribution is -0.146. The summed E-state index contributed by atoms with van der Waals surface area (Å²) >= 11 is 3.49. The molecule has 0 spiro atoms. The minimum Gasteiger partial charge on any atom is -0.368 e. The second kappa shape index (κ2) is 12.8. The van der Waals surface area contributed by atoms with Crippen molar-refractivity contribution < 1.29 is 22.7 Å². The summed E-state index contributed by atoms with van der Waals surface area (Å²) in [7, 11) is 0. The molecular formula is C29H35BrF3N5O2. The van der Waals surface area contributed by atoms with Gasteiger partial charge in [-0.05, 0) is 60.6 Å². The van der Waals surface area contributed by atoms with Gasteiger partial charge in [0.2, 0.25) is 0 Å². The van der Waals surface area contributed by atoms with Crippen molar-refractivity contribution >= 4 is 21.8 Å². The summed E-state index contributed by atoms with van der Waals surface area (Å²) in [5.41, 5.74) is 6.13. The van der Waals surface area contributed by atoms with Crippen LogP contribution in [0.1, 0.15) is 57.5 Å². The topological polar surface area (TPSA) is 86.3 Å².